The van der Waals surface area contributed by atoms with Gasteiger partial charge in [0, 0.05) is 32.8 Å². The summed E-state index contributed by atoms with van der Waals surface area (Å²) >= 11 is 18.6. The first kappa shape index (κ1) is 16.3. The van der Waals surface area contributed by atoms with Gasteiger partial charge in [0.05, 0.1) is 10.6 Å². The summed E-state index contributed by atoms with van der Waals surface area (Å²) in [4.78, 5) is 11.3. The highest BCUT2D eigenvalue weighted by atomic mass is 35.5. The molecule has 0 unspecified atom stereocenters. The first-order valence-corrected chi connectivity index (χ1v) is 8.31. The van der Waals surface area contributed by atoms with Gasteiger partial charge in [-0.15, -0.1) is 0 Å². The molecule has 2 heterocycles. The minimum atomic E-state index is -1.09. The second-order valence-corrected chi connectivity index (χ2v) is 6.72. The Hall–Kier alpha value is -2.21. The lowest BCUT2D eigenvalue weighted by molar-refractivity contribution is 0.0687. The molecule has 0 bridgehead atoms. The Labute approximate surface area is 157 Å². The summed E-state index contributed by atoms with van der Waals surface area (Å²) in [6.07, 6.45) is 0. The third kappa shape index (κ3) is 2.65. The Bertz CT molecular complexity index is 1030. The zero-order valence-corrected chi connectivity index (χ0v) is 14.7. The number of H-pyrrole nitrogens is 1. The molecule has 2 N–H and O–H groups in total. The zero-order valence-electron chi connectivity index (χ0n) is 12.4. The molecule has 1 aliphatic heterocycles. The lowest BCUT2D eigenvalue weighted by Crippen LogP contribution is -2.09. The van der Waals surface area contributed by atoms with Crippen molar-refractivity contribution >= 4 is 40.8 Å². The van der Waals surface area contributed by atoms with Crippen LogP contribution in [-0.2, 0) is 6.61 Å². The van der Waals surface area contributed by atoms with Crippen LogP contribution in [0.1, 0.15) is 16.1 Å². The van der Waals surface area contributed by atoms with Gasteiger partial charge in [-0.05, 0) is 18.2 Å². The Balaban J connectivity index is 1.92. The number of hydrogen-bond acceptors (Lipinski definition) is 3. The van der Waals surface area contributed by atoms with Crippen molar-refractivity contribution in [3.63, 3.8) is 0 Å². The highest BCUT2D eigenvalue weighted by molar-refractivity contribution is 6.38. The molecule has 2 aromatic carbocycles. The molecule has 8 heteroatoms. The number of nitrogens with one attached hydrogen (secondary N) is 1. The summed E-state index contributed by atoms with van der Waals surface area (Å²) in [5.74, 6) is -0.550. The van der Waals surface area contributed by atoms with Crippen LogP contribution < -0.4 is 4.74 Å². The van der Waals surface area contributed by atoms with Crippen LogP contribution in [0, 0.1) is 0 Å². The maximum absolute atomic E-state index is 11.3. The lowest BCUT2D eigenvalue weighted by atomic mass is 9.97. The van der Waals surface area contributed by atoms with E-state index in [1.54, 1.807) is 30.3 Å². The number of aromatic amines is 1. The lowest BCUT2D eigenvalue weighted by Gasteiger charge is -2.19. The average Bonchev–Trinajstić information content (AvgIpc) is 2.99. The molecule has 4 rings (SSSR count). The summed E-state index contributed by atoms with van der Waals surface area (Å²) in [7, 11) is 0. The number of halogens is 3. The average molecular weight is 396 g/mol. The van der Waals surface area contributed by atoms with Crippen LogP contribution >= 0.6 is 34.8 Å². The van der Waals surface area contributed by atoms with Crippen molar-refractivity contribution < 1.29 is 14.6 Å². The van der Waals surface area contributed by atoms with E-state index in [-0.39, 0.29) is 12.3 Å². The second-order valence-electron chi connectivity index (χ2n) is 5.47. The van der Waals surface area contributed by atoms with Crippen LogP contribution in [-0.4, -0.2) is 21.3 Å². The molecule has 0 atom stereocenters. The van der Waals surface area contributed by atoms with Crippen LogP contribution in [0.2, 0.25) is 15.1 Å². The van der Waals surface area contributed by atoms with Gasteiger partial charge < -0.3 is 9.84 Å². The molecule has 0 amide bonds. The number of ether oxygens (including phenoxy) is 1. The van der Waals surface area contributed by atoms with Gasteiger partial charge in [0.2, 0.25) is 0 Å². The minimum absolute atomic E-state index is 0.0154. The summed E-state index contributed by atoms with van der Waals surface area (Å²) in [5.41, 5.74) is 3.08. The third-order valence-corrected chi connectivity index (χ3v) is 4.86. The van der Waals surface area contributed by atoms with Crippen molar-refractivity contribution in [2.75, 3.05) is 0 Å². The van der Waals surface area contributed by atoms with Crippen molar-refractivity contribution in [1.82, 2.24) is 10.2 Å². The molecule has 0 saturated carbocycles. The summed E-state index contributed by atoms with van der Waals surface area (Å²) < 4.78 is 5.66. The number of carboxylic acid groups (broad SMARTS) is 1. The number of rotatable bonds is 2. The summed E-state index contributed by atoms with van der Waals surface area (Å²) in [5, 5.41) is 17.4. The number of aromatic carboxylic acids is 1. The Morgan fingerprint density at radius 3 is 2.56 bits per heavy atom. The summed E-state index contributed by atoms with van der Waals surface area (Å²) in [6.45, 7) is 0.109. The molecule has 5 nitrogen and oxygen atoms in total. The molecule has 0 radical (unpaired) electrons. The molecule has 25 heavy (non-hydrogen) atoms. The van der Waals surface area contributed by atoms with Crippen LogP contribution in [0.25, 0.3) is 22.4 Å². The van der Waals surface area contributed by atoms with Crippen molar-refractivity contribution in [1.29, 1.82) is 0 Å². The van der Waals surface area contributed by atoms with E-state index >= 15 is 0 Å². The molecule has 0 spiro atoms. The fourth-order valence-corrected chi connectivity index (χ4v) is 3.59. The van der Waals surface area contributed by atoms with Gasteiger partial charge in [-0.3, -0.25) is 5.10 Å². The van der Waals surface area contributed by atoms with Gasteiger partial charge in [-0.1, -0.05) is 40.9 Å². The van der Waals surface area contributed by atoms with Crippen LogP contribution in [0.3, 0.4) is 0 Å². The highest BCUT2D eigenvalue weighted by Gasteiger charge is 2.27. The van der Waals surface area contributed by atoms with E-state index in [2.05, 4.69) is 10.2 Å². The number of carbonyl (C=O) groups is 1. The third-order valence-electron chi connectivity index (χ3n) is 4.00. The zero-order chi connectivity index (χ0) is 17.7. The van der Waals surface area contributed by atoms with Gasteiger partial charge in [0.25, 0.3) is 0 Å². The smallest absolute Gasteiger partial charge is 0.354 e. The number of fused-ring (bicyclic) bond motifs is 3. The van der Waals surface area contributed by atoms with Gasteiger partial charge >= 0.3 is 5.97 Å². The first-order valence-electron chi connectivity index (χ1n) is 7.18. The number of carboxylic acids is 1. The van der Waals surface area contributed by atoms with E-state index < -0.39 is 5.97 Å². The minimum Gasteiger partial charge on any atom is -0.488 e. The van der Waals surface area contributed by atoms with Gasteiger partial charge in [-0.25, -0.2) is 4.79 Å². The Kier molecular flexibility index (Phi) is 3.87. The van der Waals surface area contributed by atoms with E-state index in [0.29, 0.717) is 48.8 Å². The number of benzene rings is 2. The van der Waals surface area contributed by atoms with Crippen LogP contribution in [0.5, 0.6) is 5.75 Å². The maximum atomic E-state index is 11.3. The molecule has 126 valence electrons. The Morgan fingerprint density at radius 2 is 1.84 bits per heavy atom. The number of hydrogen-bond donors (Lipinski definition) is 2. The van der Waals surface area contributed by atoms with E-state index in [4.69, 9.17) is 39.5 Å². The molecule has 1 aromatic heterocycles. The molecule has 1 aliphatic rings. The molecular weight excluding hydrogens is 387 g/mol. The SMILES string of the molecule is O=C(O)c1[nH]nc2c1COc1cc(Cl)c(-c3ccc(Cl)cc3Cl)cc1-2. The largest absolute Gasteiger partial charge is 0.488 e. The summed E-state index contributed by atoms with van der Waals surface area (Å²) in [6, 6.07) is 8.59. The van der Waals surface area contributed by atoms with Gasteiger partial charge in [-0.2, -0.15) is 5.10 Å². The predicted octanol–water partition coefficient (Wildman–Crippen LogP) is 5.29. The van der Waals surface area contributed by atoms with Gasteiger partial charge in [0.15, 0.2) is 5.69 Å². The predicted molar refractivity (Wildman–Crippen MR) is 95.8 cm³/mol. The normalized spacial score (nSPS) is 12.3. The molecular formula is C17H9Cl3N2O3. The van der Waals surface area contributed by atoms with Crippen molar-refractivity contribution in [2.45, 2.75) is 6.61 Å². The standard InChI is InChI=1S/C17H9Cl3N2O3/c18-7-1-2-8(12(19)3-7)9-4-10-14(5-13(9)20)25-6-11-15(10)21-22-16(11)17(23)24/h1-5H,6H2,(H,21,22)(H,23,24). The molecule has 3 aromatic rings. The van der Waals surface area contributed by atoms with Gasteiger partial charge in [0.1, 0.15) is 18.1 Å². The van der Waals surface area contributed by atoms with Crippen molar-refractivity contribution in [3.8, 4) is 28.1 Å². The molecule has 0 aliphatic carbocycles. The van der Waals surface area contributed by atoms with E-state index in [1.807, 2.05) is 0 Å². The topological polar surface area (TPSA) is 75.2 Å². The second kappa shape index (κ2) is 5.95. The van der Waals surface area contributed by atoms with E-state index in [0.717, 1.165) is 0 Å². The van der Waals surface area contributed by atoms with E-state index in [1.165, 1.54) is 0 Å². The van der Waals surface area contributed by atoms with E-state index in [9.17, 15) is 9.90 Å². The van der Waals surface area contributed by atoms with Crippen LogP contribution in [0.15, 0.2) is 30.3 Å². The number of nitrogens with zero attached hydrogens (tertiary/aromatic N) is 1. The molecule has 0 fully saturated rings. The quantitative estimate of drug-likeness (QED) is 0.618. The fraction of sp³-hybridized carbons (Fsp3) is 0.0588. The first-order chi connectivity index (χ1) is 12.0. The fourth-order valence-electron chi connectivity index (χ4n) is 2.83. The molecule has 0 saturated heterocycles. The van der Waals surface area contributed by atoms with Crippen molar-refractivity contribution in [2.24, 2.45) is 0 Å². The van der Waals surface area contributed by atoms with Crippen molar-refractivity contribution in [3.05, 3.63) is 56.7 Å². The monoisotopic (exact) mass is 394 g/mol. The maximum Gasteiger partial charge on any atom is 0.354 e. The van der Waals surface area contributed by atoms with Crippen LogP contribution in [0.4, 0.5) is 0 Å². The highest BCUT2D eigenvalue weighted by Crippen LogP contribution is 2.44. The Morgan fingerprint density at radius 1 is 1.08 bits per heavy atom. The number of aromatic nitrogens is 2.